The van der Waals surface area contributed by atoms with Crippen LogP contribution in [0.3, 0.4) is 0 Å². The minimum absolute atomic E-state index is 0.435. The van der Waals surface area contributed by atoms with E-state index in [1.165, 1.54) is 0 Å². The van der Waals surface area contributed by atoms with Gasteiger partial charge in [0.1, 0.15) is 18.2 Å². The molecule has 1 aromatic rings. The van der Waals surface area contributed by atoms with Crippen LogP contribution < -0.4 is 10.2 Å². The van der Waals surface area contributed by atoms with Crippen molar-refractivity contribution in [1.82, 2.24) is 9.97 Å². The Kier molecular flexibility index (Phi) is 6.56. The number of anilines is 2. The van der Waals surface area contributed by atoms with Crippen molar-refractivity contribution in [3.8, 4) is 0 Å². The quantitative estimate of drug-likeness (QED) is 0.783. The lowest BCUT2D eigenvalue weighted by Gasteiger charge is -2.21. The number of aromatic nitrogens is 2. The van der Waals surface area contributed by atoms with Gasteiger partial charge in [-0.25, -0.2) is 9.97 Å². The number of rotatable bonds is 8. The topological polar surface area (TPSA) is 50.3 Å². The van der Waals surface area contributed by atoms with Crippen LogP contribution in [0.5, 0.6) is 0 Å². The van der Waals surface area contributed by atoms with Crippen LogP contribution in [0, 0.1) is 5.92 Å². The van der Waals surface area contributed by atoms with E-state index in [0.29, 0.717) is 18.3 Å². The number of ether oxygens (including phenoxy) is 1. The van der Waals surface area contributed by atoms with Crippen LogP contribution in [0.15, 0.2) is 6.07 Å². The molecule has 5 heteroatoms. The molecule has 0 spiro atoms. The first kappa shape index (κ1) is 15.7. The van der Waals surface area contributed by atoms with E-state index in [-0.39, 0.29) is 0 Å². The summed E-state index contributed by atoms with van der Waals surface area (Å²) in [7, 11) is 3.72. The van der Waals surface area contributed by atoms with Crippen LogP contribution in [-0.4, -0.2) is 37.2 Å². The van der Waals surface area contributed by atoms with Gasteiger partial charge in [-0.1, -0.05) is 20.8 Å². The molecule has 0 amide bonds. The predicted molar refractivity (Wildman–Crippen MR) is 79.6 cm³/mol. The van der Waals surface area contributed by atoms with Gasteiger partial charge in [0.25, 0.3) is 0 Å². The van der Waals surface area contributed by atoms with E-state index in [4.69, 9.17) is 4.74 Å². The van der Waals surface area contributed by atoms with E-state index in [1.54, 1.807) is 7.11 Å². The van der Waals surface area contributed by atoms with Crippen molar-refractivity contribution in [3.05, 3.63) is 11.9 Å². The standard InChI is InChI=1S/C14H26N4O/c1-6-7-15-12-8-14(18(4)9-11(2)3)17-13(16-12)10-19-5/h8,11H,6-7,9-10H2,1-5H3,(H,15,16,17). The highest BCUT2D eigenvalue weighted by molar-refractivity contribution is 5.49. The third kappa shape index (κ3) is 5.42. The molecular formula is C14H26N4O. The summed E-state index contributed by atoms with van der Waals surface area (Å²) in [6, 6.07) is 2.00. The molecule has 1 N–H and O–H groups in total. The lowest BCUT2D eigenvalue weighted by atomic mass is 10.2. The predicted octanol–water partition coefficient (Wildman–Crippen LogP) is 2.54. The summed E-state index contributed by atoms with van der Waals surface area (Å²) in [5.41, 5.74) is 0. The monoisotopic (exact) mass is 266 g/mol. The average Bonchev–Trinajstić information content (AvgIpc) is 2.35. The smallest absolute Gasteiger partial charge is 0.158 e. The fourth-order valence-corrected chi connectivity index (χ4v) is 1.86. The summed E-state index contributed by atoms with van der Waals surface area (Å²) in [5, 5.41) is 3.31. The minimum atomic E-state index is 0.435. The van der Waals surface area contributed by atoms with Gasteiger partial charge >= 0.3 is 0 Å². The highest BCUT2D eigenvalue weighted by atomic mass is 16.5. The first-order valence-electron chi connectivity index (χ1n) is 6.88. The molecule has 1 aromatic heterocycles. The van der Waals surface area contributed by atoms with Gasteiger partial charge in [-0.05, 0) is 12.3 Å². The van der Waals surface area contributed by atoms with Crippen molar-refractivity contribution >= 4 is 11.6 Å². The number of methoxy groups -OCH3 is 1. The second-order valence-corrected chi connectivity index (χ2v) is 5.16. The highest BCUT2D eigenvalue weighted by Crippen LogP contribution is 2.16. The molecule has 0 saturated carbocycles. The van der Waals surface area contributed by atoms with Gasteiger partial charge < -0.3 is 15.0 Å². The van der Waals surface area contributed by atoms with Crippen LogP contribution in [-0.2, 0) is 11.3 Å². The van der Waals surface area contributed by atoms with E-state index in [1.807, 2.05) is 6.07 Å². The van der Waals surface area contributed by atoms with E-state index in [2.05, 4.69) is 48.0 Å². The summed E-state index contributed by atoms with van der Waals surface area (Å²) < 4.78 is 5.13. The van der Waals surface area contributed by atoms with Crippen LogP contribution in [0.2, 0.25) is 0 Å². The molecule has 0 atom stereocenters. The second-order valence-electron chi connectivity index (χ2n) is 5.16. The van der Waals surface area contributed by atoms with Gasteiger partial charge in [-0.15, -0.1) is 0 Å². The van der Waals surface area contributed by atoms with Gasteiger partial charge in [-0.3, -0.25) is 0 Å². The molecule has 0 unspecified atom stereocenters. The van der Waals surface area contributed by atoms with E-state index in [0.717, 1.165) is 31.1 Å². The number of nitrogens with zero attached hydrogens (tertiary/aromatic N) is 3. The van der Waals surface area contributed by atoms with Crippen molar-refractivity contribution in [3.63, 3.8) is 0 Å². The highest BCUT2D eigenvalue weighted by Gasteiger charge is 2.09. The van der Waals surface area contributed by atoms with Crippen molar-refractivity contribution in [1.29, 1.82) is 0 Å². The fourth-order valence-electron chi connectivity index (χ4n) is 1.86. The summed E-state index contributed by atoms with van der Waals surface area (Å²) >= 11 is 0. The Balaban J connectivity index is 2.91. The molecule has 5 nitrogen and oxygen atoms in total. The summed E-state index contributed by atoms with van der Waals surface area (Å²) in [5.74, 6) is 3.12. The number of nitrogens with one attached hydrogen (secondary N) is 1. The molecule has 1 heterocycles. The van der Waals surface area contributed by atoms with Gasteiger partial charge in [0.05, 0.1) is 0 Å². The molecule has 0 aliphatic carbocycles. The Hall–Kier alpha value is -1.36. The van der Waals surface area contributed by atoms with E-state index < -0.39 is 0 Å². The zero-order chi connectivity index (χ0) is 14.3. The Bertz CT molecular complexity index is 382. The van der Waals surface area contributed by atoms with E-state index in [9.17, 15) is 0 Å². The van der Waals surface area contributed by atoms with Crippen LogP contribution in [0.25, 0.3) is 0 Å². The molecule has 0 fully saturated rings. The van der Waals surface area contributed by atoms with Gasteiger partial charge in [-0.2, -0.15) is 0 Å². The van der Waals surface area contributed by atoms with Crippen molar-refractivity contribution in [2.24, 2.45) is 5.92 Å². The van der Waals surface area contributed by atoms with Crippen molar-refractivity contribution in [2.75, 3.05) is 37.5 Å². The van der Waals surface area contributed by atoms with Gasteiger partial charge in [0.15, 0.2) is 5.82 Å². The fraction of sp³-hybridized carbons (Fsp3) is 0.714. The Labute approximate surface area is 116 Å². The first-order valence-corrected chi connectivity index (χ1v) is 6.88. The third-order valence-electron chi connectivity index (χ3n) is 2.62. The maximum absolute atomic E-state index is 5.13. The SMILES string of the molecule is CCCNc1cc(N(C)CC(C)C)nc(COC)n1. The summed E-state index contributed by atoms with van der Waals surface area (Å²) in [4.78, 5) is 11.1. The zero-order valence-corrected chi connectivity index (χ0v) is 12.7. The van der Waals surface area contributed by atoms with Crippen LogP contribution in [0.4, 0.5) is 11.6 Å². The van der Waals surface area contributed by atoms with Crippen molar-refractivity contribution in [2.45, 2.75) is 33.8 Å². The van der Waals surface area contributed by atoms with Gasteiger partial charge in [0.2, 0.25) is 0 Å². The normalized spacial score (nSPS) is 10.8. The van der Waals surface area contributed by atoms with E-state index >= 15 is 0 Å². The molecule has 108 valence electrons. The third-order valence-corrected chi connectivity index (χ3v) is 2.62. The Morgan fingerprint density at radius 3 is 2.68 bits per heavy atom. The molecule has 19 heavy (non-hydrogen) atoms. The van der Waals surface area contributed by atoms with Crippen LogP contribution >= 0.6 is 0 Å². The lowest BCUT2D eigenvalue weighted by molar-refractivity contribution is 0.178. The molecule has 0 saturated heterocycles. The maximum Gasteiger partial charge on any atom is 0.158 e. The second kappa shape index (κ2) is 7.94. The van der Waals surface area contributed by atoms with Gasteiger partial charge in [0, 0.05) is 33.3 Å². The summed E-state index contributed by atoms with van der Waals surface area (Å²) in [6.45, 7) is 8.85. The number of hydrogen-bond donors (Lipinski definition) is 1. The molecular weight excluding hydrogens is 240 g/mol. The number of hydrogen-bond acceptors (Lipinski definition) is 5. The molecule has 0 aromatic carbocycles. The molecule has 0 aliphatic heterocycles. The first-order chi connectivity index (χ1) is 9.06. The molecule has 0 radical (unpaired) electrons. The largest absolute Gasteiger partial charge is 0.377 e. The Morgan fingerprint density at radius 1 is 1.37 bits per heavy atom. The van der Waals surface area contributed by atoms with Crippen molar-refractivity contribution < 1.29 is 4.74 Å². The summed E-state index contributed by atoms with van der Waals surface area (Å²) in [6.07, 6.45) is 1.07. The maximum atomic E-state index is 5.13. The average molecular weight is 266 g/mol. The Morgan fingerprint density at radius 2 is 2.11 bits per heavy atom. The molecule has 0 bridgehead atoms. The molecule has 1 rings (SSSR count). The minimum Gasteiger partial charge on any atom is -0.377 e. The van der Waals surface area contributed by atoms with Crippen LogP contribution in [0.1, 0.15) is 33.0 Å². The lowest BCUT2D eigenvalue weighted by Crippen LogP contribution is -2.24. The zero-order valence-electron chi connectivity index (χ0n) is 12.7. The molecule has 0 aliphatic rings.